The molecular formula is C20H17BrClF2N3O2. The van der Waals surface area contributed by atoms with Crippen LogP contribution in [0.1, 0.15) is 42.0 Å². The number of aromatic nitrogens is 2. The van der Waals surface area contributed by atoms with Crippen LogP contribution in [-0.2, 0) is 6.42 Å². The second kappa shape index (κ2) is 7.57. The zero-order valence-electron chi connectivity index (χ0n) is 15.4. The van der Waals surface area contributed by atoms with Gasteiger partial charge in [0.2, 0.25) is 0 Å². The van der Waals surface area contributed by atoms with Crippen LogP contribution in [0.15, 0.2) is 40.9 Å². The lowest BCUT2D eigenvalue weighted by atomic mass is 10.1. The Morgan fingerprint density at radius 3 is 2.76 bits per heavy atom. The number of alkyl halides is 3. The highest BCUT2D eigenvalue weighted by molar-refractivity contribution is 9.10. The lowest BCUT2D eigenvalue weighted by Crippen LogP contribution is -2.16. The lowest BCUT2D eigenvalue weighted by Gasteiger charge is -2.22. The van der Waals surface area contributed by atoms with E-state index in [4.69, 9.17) is 16.6 Å². The molecule has 1 N–H and O–H groups in total. The number of nitrogens with zero attached hydrogens (tertiary/aromatic N) is 2. The van der Waals surface area contributed by atoms with E-state index in [0.717, 1.165) is 40.6 Å². The van der Waals surface area contributed by atoms with Crippen molar-refractivity contribution in [3.63, 3.8) is 0 Å². The van der Waals surface area contributed by atoms with Crippen LogP contribution in [0, 0.1) is 0 Å². The predicted octanol–water partition coefficient (Wildman–Crippen LogP) is 6.12. The van der Waals surface area contributed by atoms with Crippen molar-refractivity contribution in [2.75, 3.05) is 5.32 Å². The Morgan fingerprint density at radius 1 is 1.34 bits per heavy atom. The lowest BCUT2D eigenvalue weighted by molar-refractivity contribution is -0.0964. The van der Waals surface area contributed by atoms with E-state index in [1.807, 2.05) is 0 Å². The molecule has 2 heterocycles. The van der Waals surface area contributed by atoms with Gasteiger partial charge in [-0.3, -0.25) is 4.79 Å². The van der Waals surface area contributed by atoms with Gasteiger partial charge >= 0.3 is 5.57 Å². The number of nitrogens with one attached hydrogen (secondary N) is 1. The van der Waals surface area contributed by atoms with E-state index in [2.05, 4.69) is 37.5 Å². The molecule has 9 heteroatoms. The highest BCUT2D eigenvalue weighted by Gasteiger charge is 2.27. The smallest absolute Gasteiger partial charge is 0.420 e. The normalized spacial score (nSPS) is 16.5. The zero-order chi connectivity index (χ0) is 20.8. The van der Waals surface area contributed by atoms with Crippen molar-refractivity contribution in [1.29, 1.82) is 0 Å². The van der Waals surface area contributed by atoms with Crippen LogP contribution < -0.4 is 10.1 Å². The molecule has 0 unspecified atom stereocenters. The first-order valence-electron chi connectivity index (χ1n) is 9.09. The van der Waals surface area contributed by atoms with E-state index in [0.29, 0.717) is 17.3 Å². The summed E-state index contributed by atoms with van der Waals surface area (Å²) in [5, 5.41) is 2.74. The number of imidazole rings is 1. The van der Waals surface area contributed by atoms with Crippen LogP contribution in [0.4, 0.5) is 14.5 Å². The van der Waals surface area contributed by atoms with E-state index in [9.17, 15) is 13.6 Å². The van der Waals surface area contributed by atoms with Crippen molar-refractivity contribution < 1.29 is 18.3 Å². The van der Waals surface area contributed by atoms with Crippen molar-refractivity contribution >= 4 is 50.2 Å². The van der Waals surface area contributed by atoms with Crippen molar-refractivity contribution in [2.45, 2.75) is 37.8 Å². The molecule has 4 rings (SSSR count). The average Bonchev–Trinajstić information content (AvgIpc) is 3.02. The molecule has 29 heavy (non-hydrogen) atoms. The molecule has 0 spiro atoms. The summed E-state index contributed by atoms with van der Waals surface area (Å²) < 4.78 is 32.7. The number of hydrogen-bond acceptors (Lipinski definition) is 3. The van der Waals surface area contributed by atoms with Gasteiger partial charge in [-0.2, -0.15) is 0 Å². The highest BCUT2D eigenvalue weighted by atomic mass is 79.9. The summed E-state index contributed by atoms with van der Waals surface area (Å²) in [4.78, 5) is 17.4. The van der Waals surface area contributed by atoms with Gasteiger partial charge in [0.15, 0.2) is 0 Å². The molecule has 0 saturated heterocycles. The second-order valence-electron chi connectivity index (χ2n) is 6.99. The molecule has 5 nitrogen and oxygen atoms in total. The summed E-state index contributed by atoms with van der Waals surface area (Å²) in [7, 11) is 0. The first-order valence-corrected chi connectivity index (χ1v) is 10.3. The van der Waals surface area contributed by atoms with Gasteiger partial charge in [0.25, 0.3) is 5.91 Å². The topological polar surface area (TPSA) is 56.1 Å². The minimum atomic E-state index is -3.78. The number of halogens is 4. The largest absolute Gasteiger partial charge is 0.487 e. The predicted molar refractivity (Wildman–Crippen MR) is 111 cm³/mol. The summed E-state index contributed by atoms with van der Waals surface area (Å²) in [6.07, 6.45) is 3.12. The molecule has 2 aromatic carbocycles. The van der Waals surface area contributed by atoms with Crippen LogP contribution >= 0.6 is 27.5 Å². The molecular weight excluding hydrogens is 468 g/mol. The van der Waals surface area contributed by atoms with Gasteiger partial charge in [0.05, 0.1) is 11.0 Å². The molecule has 1 atom stereocenters. The standard InChI is InChI=1S/C20H17BrClF2N3O2/c1-11-3-2-4-17-26-16-10-12(9-15(21)18(16)27(11)17)19(28)25-13-5-7-14(8-6-13)29-20(22,23)24/h5-11H,2-4H2,1H3,(H,25,28)/t11-/m1/s1. The van der Waals surface area contributed by atoms with Crippen LogP contribution in [0.3, 0.4) is 0 Å². The number of amides is 1. The van der Waals surface area contributed by atoms with Gasteiger partial charge < -0.3 is 14.6 Å². The van der Waals surface area contributed by atoms with Crippen molar-refractivity contribution in [3.8, 4) is 5.75 Å². The van der Waals surface area contributed by atoms with E-state index >= 15 is 0 Å². The number of benzene rings is 2. The maximum Gasteiger partial charge on any atom is 0.487 e. The first-order chi connectivity index (χ1) is 13.7. The molecule has 0 aliphatic carbocycles. The number of fused-ring (bicyclic) bond motifs is 3. The van der Waals surface area contributed by atoms with Gasteiger partial charge in [-0.05, 0) is 72.1 Å². The summed E-state index contributed by atoms with van der Waals surface area (Å²) >= 11 is 8.33. The number of carbonyl (C=O) groups excluding carboxylic acids is 1. The number of rotatable bonds is 4. The molecule has 3 aromatic rings. The molecule has 152 valence electrons. The summed E-state index contributed by atoms with van der Waals surface area (Å²) in [5.74, 6) is 0.594. The molecule has 1 aliphatic rings. The third kappa shape index (κ3) is 4.23. The van der Waals surface area contributed by atoms with Crippen LogP contribution in [0.25, 0.3) is 11.0 Å². The maximum atomic E-state index is 12.7. The minimum Gasteiger partial charge on any atom is -0.420 e. The Balaban J connectivity index is 1.58. The Labute approximate surface area is 179 Å². The summed E-state index contributed by atoms with van der Waals surface area (Å²) in [6.45, 7) is 2.17. The SMILES string of the molecule is C[C@@H]1CCCc2nc3cc(C(=O)Nc4ccc(OC(F)(F)Cl)cc4)cc(Br)c3n21. The van der Waals surface area contributed by atoms with Crippen LogP contribution in [0.2, 0.25) is 0 Å². The summed E-state index contributed by atoms with van der Waals surface area (Å²) in [6, 6.07) is 9.41. The second-order valence-corrected chi connectivity index (χ2v) is 8.29. The number of anilines is 1. The van der Waals surface area contributed by atoms with Crippen molar-refractivity contribution in [2.24, 2.45) is 0 Å². The van der Waals surface area contributed by atoms with E-state index < -0.39 is 5.57 Å². The van der Waals surface area contributed by atoms with Crippen molar-refractivity contribution in [1.82, 2.24) is 9.55 Å². The Kier molecular flexibility index (Phi) is 5.25. The number of hydrogen-bond donors (Lipinski definition) is 1. The van der Waals surface area contributed by atoms with E-state index in [1.165, 1.54) is 24.3 Å². The third-order valence-electron chi connectivity index (χ3n) is 4.88. The molecule has 1 amide bonds. The first kappa shape index (κ1) is 20.1. The van der Waals surface area contributed by atoms with Gasteiger partial charge in [-0.15, -0.1) is 8.78 Å². The number of carbonyl (C=O) groups is 1. The molecule has 0 bridgehead atoms. The average molecular weight is 485 g/mol. The fourth-order valence-corrected chi connectivity index (χ4v) is 4.37. The molecule has 0 saturated carbocycles. The fourth-order valence-electron chi connectivity index (χ4n) is 3.64. The zero-order valence-corrected chi connectivity index (χ0v) is 17.7. The van der Waals surface area contributed by atoms with Gasteiger partial charge in [-0.25, -0.2) is 4.98 Å². The Bertz CT molecular complexity index is 1080. The Hall–Kier alpha value is -2.19. The van der Waals surface area contributed by atoms with Crippen LogP contribution in [-0.4, -0.2) is 21.0 Å². The summed E-state index contributed by atoms with van der Waals surface area (Å²) in [5.41, 5.74) is -1.14. The van der Waals surface area contributed by atoms with Crippen molar-refractivity contribution in [3.05, 3.63) is 52.3 Å². The molecule has 0 fully saturated rings. The quantitative estimate of drug-likeness (QED) is 0.454. The molecule has 1 aliphatic heterocycles. The number of aryl methyl sites for hydroxylation is 1. The van der Waals surface area contributed by atoms with Crippen LogP contribution in [0.5, 0.6) is 5.75 Å². The minimum absolute atomic E-state index is 0.107. The molecule has 0 radical (unpaired) electrons. The molecule has 1 aromatic heterocycles. The van der Waals surface area contributed by atoms with Gasteiger partial charge in [-0.1, -0.05) is 0 Å². The maximum absolute atomic E-state index is 12.7. The highest BCUT2D eigenvalue weighted by Crippen LogP contribution is 2.34. The van der Waals surface area contributed by atoms with E-state index in [1.54, 1.807) is 12.1 Å². The Morgan fingerprint density at radius 2 is 2.07 bits per heavy atom. The monoisotopic (exact) mass is 483 g/mol. The fraction of sp³-hybridized carbons (Fsp3) is 0.300. The number of ether oxygens (including phenoxy) is 1. The van der Waals surface area contributed by atoms with Gasteiger partial charge in [0.1, 0.15) is 11.6 Å². The van der Waals surface area contributed by atoms with Gasteiger partial charge in [0, 0.05) is 39.8 Å². The van der Waals surface area contributed by atoms with E-state index in [-0.39, 0.29) is 11.7 Å². The third-order valence-corrected chi connectivity index (χ3v) is 5.56.